The van der Waals surface area contributed by atoms with Crippen molar-refractivity contribution in [2.75, 3.05) is 0 Å². The van der Waals surface area contributed by atoms with Crippen LogP contribution in [0.5, 0.6) is 0 Å². The Morgan fingerprint density at radius 1 is 1.19 bits per heavy atom. The van der Waals surface area contributed by atoms with Gasteiger partial charge in [-0.2, -0.15) is 5.10 Å². The first-order valence-electron chi connectivity index (χ1n) is 10.6. The van der Waals surface area contributed by atoms with Gasteiger partial charge in [0.05, 0.1) is 11.4 Å². The van der Waals surface area contributed by atoms with Gasteiger partial charge in [-0.15, -0.1) is 0 Å². The van der Waals surface area contributed by atoms with Crippen LogP contribution in [0.1, 0.15) is 30.1 Å². The van der Waals surface area contributed by atoms with Crippen LogP contribution in [-0.2, 0) is 18.3 Å². The smallest absolute Gasteiger partial charge is 0.266 e. The normalized spacial score (nSPS) is 14.1. The number of nitrogens with zero attached hydrogens (tertiary/aromatic N) is 4. The second-order valence-electron chi connectivity index (χ2n) is 8.07. The number of nitrogens with one attached hydrogen (secondary N) is 1. The van der Waals surface area contributed by atoms with Crippen molar-refractivity contribution in [3.63, 3.8) is 0 Å². The lowest BCUT2D eigenvalue weighted by Gasteiger charge is -2.18. The Morgan fingerprint density at radius 3 is 2.69 bits per heavy atom. The molecule has 7 nitrogen and oxygen atoms in total. The lowest BCUT2D eigenvalue weighted by atomic mass is 10.0. The summed E-state index contributed by atoms with van der Waals surface area (Å²) in [6.07, 6.45) is 8.05. The number of carbonyl (C=O) groups is 1. The van der Waals surface area contributed by atoms with Crippen molar-refractivity contribution in [2.45, 2.75) is 25.3 Å². The molecule has 4 aromatic rings. The molecule has 7 heteroatoms. The minimum absolute atomic E-state index is 0.408. The van der Waals surface area contributed by atoms with Crippen LogP contribution in [0, 0.1) is 17.8 Å². The molecule has 0 bridgehead atoms. The fourth-order valence-electron chi connectivity index (χ4n) is 3.97. The Bertz CT molecular complexity index is 1340. The fourth-order valence-corrected chi connectivity index (χ4v) is 3.97. The molecule has 2 N–H and O–H groups in total. The van der Waals surface area contributed by atoms with E-state index in [9.17, 15) is 10.0 Å². The zero-order valence-electron chi connectivity index (χ0n) is 17.7. The van der Waals surface area contributed by atoms with Gasteiger partial charge in [0, 0.05) is 48.7 Å². The van der Waals surface area contributed by atoms with E-state index in [0.717, 1.165) is 46.3 Å². The maximum Gasteiger partial charge on any atom is 0.266 e. The Labute approximate surface area is 185 Å². The van der Waals surface area contributed by atoms with Gasteiger partial charge < -0.3 is 4.57 Å². The van der Waals surface area contributed by atoms with E-state index < -0.39 is 11.9 Å². The molecule has 1 atom stereocenters. The minimum atomic E-state index is -0.669. The number of hydroxylamine groups is 1. The summed E-state index contributed by atoms with van der Waals surface area (Å²) in [5.41, 5.74) is 5.24. The number of fused-ring (bicyclic) bond motifs is 1. The summed E-state index contributed by atoms with van der Waals surface area (Å²) in [5, 5.41) is 15.6. The molecule has 0 radical (unpaired) electrons. The van der Waals surface area contributed by atoms with Crippen LogP contribution in [0.15, 0.2) is 61.1 Å². The summed E-state index contributed by atoms with van der Waals surface area (Å²) >= 11 is 0. The van der Waals surface area contributed by atoms with Gasteiger partial charge in [-0.05, 0) is 36.5 Å². The van der Waals surface area contributed by atoms with E-state index in [0.29, 0.717) is 12.3 Å². The monoisotopic (exact) mass is 425 g/mol. The van der Waals surface area contributed by atoms with Crippen LogP contribution in [0.4, 0.5) is 0 Å². The topological polar surface area (TPSA) is 85.0 Å². The molecule has 5 rings (SSSR count). The van der Waals surface area contributed by atoms with Crippen molar-refractivity contribution in [3.05, 3.63) is 72.3 Å². The van der Waals surface area contributed by atoms with Gasteiger partial charge in [-0.1, -0.05) is 36.3 Å². The van der Waals surface area contributed by atoms with E-state index in [4.69, 9.17) is 0 Å². The maximum atomic E-state index is 12.8. The van der Waals surface area contributed by atoms with E-state index in [1.165, 1.54) is 0 Å². The van der Waals surface area contributed by atoms with Crippen LogP contribution in [0.2, 0.25) is 0 Å². The van der Waals surface area contributed by atoms with Crippen LogP contribution in [-0.4, -0.2) is 30.4 Å². The van der Waals surface area contributed by atoms with E-state index in [1.807, 2.05) is 65.8 Å². The maximum absolute atomic E-state index is 12.8. The summed E-state index contributed by atoms with van der Waals surface area (Å²) in [4.78, 5) is 17.4. The molecule has 160 valence electrons. The average molecular weight is 425 g/mol. The highest BCUT2D eigenvalue weighted by Crippen LogP contribution is 2.33. The zero-order valence-corrected chi connectivity index (χ0v) is 17.7. The molecular formula is C25H23N5O2. The van der Waals surface area contributed by atoms with Gasteiger partial charge >= 0.3 is 0 Å². The lowest BCUT2D eigenvalue weighted by molar-refractivity contribution is -0.132. The first-order valence-corrected chi connectivity index (χ1v) is 10.6. The third kappa shape index (κ3) is 3.77. The molecule has 1 aliphatic carbocycles. The molecule has 0 saturated heterocycles. The van der Waals surface area contributed by atoms with Crippen molar-refractivity contribution >= 4 is 16.7 Å². The van der Waals surface area contributed by atoms with E-state index in [2.05, 4.69) is 21.9 Å². The highest BCUT2D eigenvalue weighted by molar-refractivity contribution is 5.98. The number of aryl methyl sites for hydroxylation is 1. The molecule has 32 heavy (non-hydrogen) atoms. The van der Waals surface area contributed by atoms with Crippen LogP contribution in [0.3, 0.4) is 0 Å². The predicted octanol–water partition coefficient (Wildman–Crippen LogP) is 3.49. The van der Waals surface area contributed by atoms with Gasteiger partial charge in [-0.3, -0.25) is 19.7 Å². The molecule has 1 aromatic carbocycles. The minimum Gasteiger partial charge on any atom is -0.327 e. The van der Waals surface area contributed by atoms with Gasteiger partial charge in [0.2, 0.25) is 0 Å². The summed E-state index contributed by atoms with van der Waals surface area (Å²) < 4.78 is 3.65. The Morgan fingerprint density at radius 2 is 2.00 bits per heavy atom. The first-order chi connectivity index (χ1) is 15.7. The summed E-state index contributed by atoms with van der Waals surface area (Å²) in [7, 11) is 1.87. The van der Waals surface area contributed by atoms with Gasteiger partial charge in [0.25, 0.3) is 5.91 Å². The van der Waals surface area contributed by atoms with Crippen LogP contribution >= 0.6 is 0 Å². The van der Waals surface area contributed by atoms with Gasteiger partial charge in [0.15, 0.2) is 0 Å². The Hall–Kier alpha value is -3.89. The summed E-state index contributed by atoms with van der Waals surface area (Å²) in [5.74, 6) is 6.58. The number of benzene rings is 1. The third-order valence-electron chi connectivity index (χ3n) is 5.83. The van der Waals surface area contributed by atoms with Crippen molar-refractivity contribution < 1.29 is 10.0 Å². The number of aromatic nitrogens is 4. The average Bonchev–Trinajstić information content (AvgIpc) is 3.44. The molecule has 1 saturated carbocycles. The lowest BCUT2D eigenvalue weighted by Crippen LogP contribution is -2.32. The largest absolute Gasteiger partial charge is 0.327 e. The summed E-state index contributed by atoms with van der Waals surface area (Å²) in [6.45, 7) is 0. The molecule has 1 amide bonds. The molecule has 3 heterocycles. The molecule has 1 unspecified atom stereocenters. The van der Waals surface area contributed by atoms with E-state index >= 15 is 0 Å². The third-order valence-corrected chi connectivity index (χ3v) is 5.83. The van der Waals surface area contributed by atoms with Crippen molar-refractivity contribution in [2.24, 2.45) is 13.0 Å². The van der Waals surface area contributed by atoms with Crippen molar-refractivity contribution in [3.8, 4) is 23.2 Å². The molecule has 0 spiro atoms. The zero-order chi connectivity index (χ0) is 22.1. The van der Waals surface area contributed by atoms with Gasteiger partial charge in [-0.25, -0.2) is 5.48 Å². The van der Waals surface area contributed by atoms with Crippen molar-refractivity contribution in [1.29, 1.82) is 0 Å². The number of pyridine rings is 1. The number of hydrogen-bond acceptors (Lipinski definition) is 4. The standard InChI is InChI=1S/C25H23N5O2/c1-29-22(12-14-27-29)24-20-16-30(21(10-9-17-7-8-17)19(20)11-13-26-24)23(25(31)28-32)15-18-5-3-2-4-6-18/h2-6,11-14,16-17,23,32H,7-8,15H2,1H3,(H,28,31). The first kappa shape index (κ1) is 20.0. The second kappa shape index (κ2) is 8.33. The highest BCUT2D eigenvalue weighted by Gasteiger charge is 2.26. The van der Waals surface area contributed by atoms with Gasteiger partial charge in [0.1, 0.15) is 11.7 Å². The molecule has 3 aromatic heterocycles. The molecule has 1 aliphatic rings. The number of rotatable bonds is 5. The van der Waals surface area contributed by atoms with E-state index in [-0.39, 0.29) is 0 Å². The van der Waals surface area contributed by atoms with Crippen LogP contribution in [0.25, 0.3) is 22.2 Å². The fraction of sp³-hybridized carbons (Fsp3) is 0.240. The number of carbonyl (C=O) groups excluding carboxylic acids is 1. The molecular weight excluding hydrogens is 402 g/mol. The second-order valence-corrected chi connectivity index (χ2v) is 8.07. The Kier molecular flexibility index (Phi) is 5.21. The molecule has 0 aliphatic heterocycles. The number of hydrogen-bond donors (Lipinski definition) is 2. The molecule has 1 fully saturated rings. The highest BCUT2D eigenvalue weighted by atomic mass is 16.5. The quantitative estimate of drug-likeness (QED) is 0.291. The predicted molar refractivity (Wildman–Crippen MR) is 121 cm³/mol. The summed E-state index contributed by atoms with van der Waals surface area (Å²) in [6, 6.07) is 12.9. The van der Waals surface area contributed by atoms with Crippen LogP contribution < -0.4 is 5.48 Å². The number of amides is 1. The van der Waals surface area contributed by atoms with Crippen molar-refractivity contribution in [1.82, 2.24) is 24.8 Å². The Balaban J connectivity index is 1.71. The van der Waals surface area contributed by atoms with E-state index in [1.54, 1.807) is 17.1 Å². The SMILES string of the molecule is Cn1nccc1-c1nccc2c(C#CC3CC3)n(C(Cc3ccccc3)C(=O)NO)cc12.